The van der Waals surface area contributed by atoms with Gasteiger partial charge in [0.1, 0.15) is 5.75 Å². The average Bonchev–Trinajstić information content (AvgIpc) is 2.42. The van der Waals surface area contributed by atoms with E-state index in [-0.39, 0.29) is 19.7 Å². The van der Waals surface area contributed by atoms with Gasteiger partial charge < -0.3 is 14.8 Å². The lowest BCUT2D eigenvalue weighted by Gasteiger charge is -2.24. The molecule has 0 saturated carbocycles. The zero-order valence-electron chi connectivity index (χ0n) is 13.3. The van der Waals surface area contributed by atoms with Gasteiger partial charge in [-0.3, -0.25) is 4.31 Å². The van der Waals surface area contributed by atoms with E-state index in [4.69, 9.17) is 9.47 Å². The Labute approximate surface area is 131 Å². The van der Waals surface area contributed by atoms with Gasteiger partial charge in [0.25, 0.3) is 0 Å². The summed E-state index contributed by atoms with van der Waals surface area (Å²) in [6.07, 6.45) is 0.534. The van der Waals surface area contributed by atoms with Crippen molar-refractivity contribution in [3.8, 4) is 5.75 Å². The number of nitrogens with zero attached hydrogens (tertiary/aromatic N) is 1. The van der Waals surface area contributed by atoms with Crippen LogP contribution in [0.1, 0.15) is 12.5 Å². The van der Waals surface area contributed by atoms with Gasteiger partial charge in [0, 0.05) is 6.54 Å². The van der Waals surface area contributed by atoms with E-state index in [1.165, 1.54) is 11.4 Å². The number of rotatable bonds is 7. The maximum atomic E-state index is 12.0. The summed E-state index contributed by atoms with van der Waals surface area (Å²) in [7, 11) is -2.04. The monoisotopic (exact) mass is 330 g/mol. The molecule has 0 aliphatic rings. The number of ether oxygens (including phenoxy) is 2. The predicted molar refractivity (Wildman–Crippen MR) is 84.9 cm³/mol. The van der Waals surface area contributed by atoms with Crippen LogP contribution in [0.3, 0.4) is 0 Å². The zero-order chi connectivity index (χ0) is 16.8. The van der Waals surface area contributed by atoms with Crippen LogP contribution in [0.15, 0.2) is 18.2 Å². The molecule has 0 spiro atoms. The first-order chi connectivity index (χ1) is 10.3. The molecule has 0 saturated heterocycles. The number of hydrogen-bond acceptors (Lipinski definition) is 5. The second-order valence-corrected chi connectivity index (χ2v) is 6.56. The quantitative estimate of drug-likeness (QED) is 0.819. The summed E-state index contributed by atoms with van der Waals surface area (Å²) in [5, 5.41) is 2.50. The number of aryl methyl sites for hydroxylation is 1. The minimum atomic E-state index is -3.52. The van der Waals surface area contributed by atoms with Crippen LogP contribution in [0, 0.1) is 6.92 Å². The van der Waals surface area contributed by atoms with E-state index in [1.807, 2.05) is 13.0 Å². The number of anilines is 1. The lowest BCUT2D eigenvalue weighted by Crippen LogP contribution is -2.38. The Hall–Kier alpha value is -1.96. The van der Waals surface area contributed by atoms with E-state index in [2.05, 4.69) is 5.32 Å². The normalized spacial score (nSPS) is 10.9. The lowest BCUT2D eigenvalue weighted by molar-refractivity contribution is 0.152. The summed E-state index contributed by atoms with van der Waals surface area (Å²) < 4.78 is 35.2. The molecule has 8 heteroatoms. The first-order valence-corrected chi connectivity index (χ1v) is 8.67. The number of carbonyl (C=O) groups is 1. The lowest BCUT2D eigenvalue weighted by atomic mass is 10.2. The molecule has 1 amide bonds. The third kappa shape index (κ3) is 5.10. The zero-order valence-corrected chi connectivity index (χ0v) is 14.1. The Morgan fingerprint density at radius 2 is 2.05 bits per heavy atom. The Bertz CT molecular complexity index is 616. The summed E-state index contributed by atoms with van der Waals surface area (Å²) in [5.74, 6) is 0.451. The maximum absolute atomic E-state index is 12.0. The van der Waals surface area contributed by atoms with Gasteiger partial charge in [0.15, 0.2) is 0 Å². The van der Waals surface area contributed by atoms with Crippen LogP contribution in [-0.4, -0.2) is 47.6 Å². The van der Waals surface area contributed by atoms with Gasteiger partial charge >= 0.3 is 6.09 Å². The Morgan fingerprint density at radius 1 is 1.36 bits per heavy atom. The summed E-state index contributed by atoms with van der Waals surface area (Å²) in [6.45, 7) is 4.02. The third-order valence-electron chi connectivity index (χ3n) is 2.86. The molecule has 1 N–H and O–H groups in total. The molecule has 0 aliphatic heterocycles. The number of methoxy groups -OCH3 is 1. The Kier molecular flexibility index (Phi) is 6.48. The van der Waals surface area contributed by atoms with Crippen LogP contribution in [0.2, 0.25) is 0 Å². The molecule has 0 atom stereocenters. The smallest absolute Gasteiger partial charge is 0.407 e. The van der Waals surface area contributed by atoms with E-state index < -0.39 is 16.1 Å². The van der Waals surface area contributed by atoms with Crippen molar-refractivity contribution in [2.75, 3.05) is 37.4 Å². The van der Waals surface area contributed by atoms with Gasteiger partial charge in [0.2, 0.25) is 10.0 Å². The molecule has 1 rings (SSSR count). The first kappa shape index (κ1) is 18.1. The topological polar surface area (TPSA) is 84.9 Å². The van der Waals surface area contributed by atoms with Gasteiger partial charge in [-0.15, -0.1) is 0 Å². The van der Waals surface area contributed by atoms with Crippen LogP contribution in [0.5, 0.6) is 5.75 Å². The van der Waals surface area contributed by atoms with Crippen molar-refractivity contribution in [3.05, 3.63) is 23.8 Å². The second kappa shape index (κ2) is 7.88. The summed E-state index contributed by atoms with van der Waals surface area (Å²) in [4.78, 5) is 11.3. The number of alkyl carbamates (subject to hydrolysis) is 1. The average molecular weight is 330 g/mol. The molecule has 0 radical (unpaired) electrons. The van der Waals surface area contributed by atoms with E-state index in [0.717, 1.165) is 11.8 Å². The molecule has 7 nitrogen and oxygen atoms in total. The largest absolute Gasteiger partial charge is 0.495 e. The molecule has 1 aromatic carbocycles. The molecule has 1 aromatic rings. The van der Waals surface area contributed by atoms with Crippen molar-refractivity contribution in [2.24, 2.45) is 0 Å². The highest BCUT2D eigenvalue weighted by Crippen LogP contribution is 2.30. The van der Waals surface area contributed by atoms with Crippen molar-refractivity contribution < 1.29 is 22.7 Å². The van der Waals surface area contributed by atoms with Gasteiger partial charge in [-0.25, -0.2) is 13.2 Å². The van der Waals surface area contributed by atoms with Crippen LogP contribution < -0.4 is 14.4 Å². The van der Waals surface area contributed by atoms with Crippen molar-refractivity contribution >= 4 is 21.8 Å². The number of benzene rings is 1. The van der Waals surface area contributed by atoms with Gasteiger partial charge in [-0.2, -0.15) is 0 Å². The summed E-state index contributed by atoms with van der Waals surface area (Å²) in [6, 6.07) is 5.27. The van der Waals surface area contributed by atoms with E-state index in [1.54, 1.807) is 19.1 Å². The van der Waals surface area contributed by atoms with E-state index >= 15 is 0 Å². The first-order valence-electron chi connectivity index (χ1n) is 6.82. The minimum Gasteiger partial charge on any atom is -0.495 e. The number of amides is 1. The fourth-order valence-corrected chi connectivity index (χ4v) is 2.82. The molecule has 0 aromatic heterocycles. The summed E-state index contributed by atoms with van der Waals surface area (Å²) >= 11 is 0. The van der Waals surface area contributed by atoms with Crippen molar-refractivity contribution in [3.63, 3.8) is 0 Å². The van der Waals surface area contributed by atoms with Crippen molar-refractivity contribution in [2.45, 2.75) is 13.8 Å². The van der Waals surface area contributed by atoms with E-state index in [9.17, 15) is 13.2 Å². The Balaban J connectivity index is 2.96. The van der Waals surface area contributed by atoms with Crippen LogP contribution in [-0.2, 0) is 14.8 Å². The van der Waals surface area contributed by atoms with Crippen LogP contribution in [0.25, 0.3) is 0 Å². The third-order valence-corrected chi connectivity index (χ3v) is 4.04. The second-order valence-electron chi connectivity index (χ2n) is 4.66. The van der Waals surface area contributed by atoms with Gasteiger partial charge in [0.05, 0.1) is 32.2 Å². The molecule has 0 unspecified atom stereocenters. The standard InChI is InChI=1S/C14H22N2O5S/c1-5-21-14(17)15-8-9-16(22(4,18)19)12-10-11(2)6-7-13(12)20-3/h6-7,10H,5,8-9H2,1-4H3,(H,15,17). The fourth-order valence-electron chi connectivity index (χ4n) is 1.90. The molecular formula is C14H22N2O5S. The van der Waals surface area contributed by atoms with E-state index in [0.29, 0.717) is 11.4 Å². The molecular weight excluding hydrogens is 308 g/mol. The fraction of sp³-hybridized carbons (Fsp3) is 0.500. The molecule has 0 aliphatic carbocycles. The Morgan fingerprint density at radius 3 is 2.59 bits per heavy atom. The van der Waals surface area contributed by atoms with Gasteiger partial charge in [-0.1, -0.05) is 6.07 Å². The predicted octanol–water partition coefficient (Wildman–Crippen LogP) is 1.52. The molecule has 124 valence electrons. The van der Waals surface area contributed by atoms with Crippen LogP contribution >= 0.6 is 0 Å². The molecule has 0 fully saturated rings. The minimum absolute atomic E-state index is 0.0808. The highest BCUT2D eigenvalue weighted by molar-refractivity contribution is 7.92. The number of sulfonamides is 1. The summed E-state index contributed by atoms with van der Waals surface area (Å²) in [5.41, 5.74) is 1.35. The van der Waals surface area contributed by atoms with Crippen LogP contribution in [0.4, 0.5) is 10.5 Å². The number of nitrogens with one attached hydrogen (secondary N) is 1. The highest BCUT2D eigenvalue weighted by Gasteiger charge is 2.21. The van der Waals surface area contributed by atoms with Gasteiger partial charge in [-0.05, 0) is 31.5 Å². The number of carbonyl (C=O) groups excluding carboxylic acids is 1. The maximum Gasteiger partial charge on any atom is 0.407 e. The van der Waals surface area contributed by atoms with Crippen molar-refractivity contribution in [1.29, 1.82) is 0 Å². The molecule has 0 heterocycles. The molecule has 0 bridgehead atoms. The SMILES string of the molecule is CCOC(=O)NCCN(c1cc(C)ccc1OC)S(C)(=O)=O. The molecule has 22 heavy (non-hydrogen) atoms. The highest BCUT2D eigenvalue weighted by atomic mass is 32.2. The number of hydrogen-bond donors (Lipinski definition) is 1. The van der Waals surface area contributed by atoms with Crippen molar-refractivity contribution in [1.82, 2.24) is 5.32 Å².